The topological polar surface area (TPSA) is 26.8 Å². The van der Waals surface area contributed by atoms with Crippen LogP contribution >= 0.6 is 11.6 Å². The Morgan fingerprint density at radius 2 is 1.78 bits per heavy atom. The number of likely N-dealkylation sites (N-methyl/N-ethyl adjacent to an activating group) is 1. The van der Waals surface area contributed by atoms with Gasteiger partial charge in [0.05, 0.1) is 6.54 Å². The number of rotatable bonds is 7. The number of carbonyl (C=O) groups is 1. The summed E-state index contributed by atoms with van der Waals surface area (Å²) in [5, 5.41) is 0.800. The maximum Gasteiger partial charge on any atom is 0.236 e. The summed E-state index contributed by atoms with van der Waals surface area (Å²) in [7, 11) is 1.99. The van der Waals surface area contributed by atoms with Crippen molar-refractivity contribution in [2.45, 2.75) is 38.5 Å². The van der Waals surface area contributed by atoms with Crippen LogP contribution in [0.5, 0.6) is 0 Å². The van der Waals surface area contributed by atoms with Gasteiger partial charge < -0.3 is 9.80 Å². The molecule has 0 aromatic heterocycles. The molecule has 1 atom stereocenters. The molecule has 4 nitrogen and oxygen atoms in total. The number of likely N-dealkylation sites (tertiary alicyclic amines) is 2. The lowest BCUT2D eigenvalue weighted by atomic mass is 9.97. The van der Waals surface area contributed by atoms with E-state index in [-0.39, 0.29) is 5.91 Å². The number of carbonyl (C=O) groups excluding carboxylic acids is 1. The lowest BCUT2D eigenvalue weighted by Gasteiger charge is -2.35. The fraction of sp³-hybridized carbons (Fsp3) is 0.682. The fourth-order valence-corrected chi connectivity index (χ4v) is 4.49. The van der Waals surface area contributed by atoms with Crippen LogP contribution in [0.1, 0.15) is 37.7 Å². The van der Waals surface area contributed by atoms with Crippen molar-refractivity contribution >= 4 is 17.5 Å². The van der Waals surface area contributed by atoms with Crippen molar-refractivity contribution in [3.63, 3.8) is 0 Å². The molecule has 1 unspecified atom stereocenters. The van der Waals surface area contributed by atoms with E-state index in [1.807, 2.05) is 24.1 Å². The maximum absolute atomic E-state index is 12.6. The van der Waals surface area contributed by atoms with Crippen molar-refractivity contribution in [2.24, 2.45) is 5.92 Å². The lowest BCUT2D eigenvalue weighted by Crippen LogP contribution is -2.45. The molecule has 1 aromatic rings. The molecule has 2 fully saturated rings. The van der Waals surface area contributed by atoms with E-state index in [0.717, 1.165) is 44.2 Å². The average molecular weight is 392 g/mol. The minimum atomic E-state index is 0.287. The summed E-state index contributed by atoms with van der Waals surface area (Å²) in [6.07, 6.45) is 7.32. The van der Waals surface area contributed by atoms with Gasteiger partial charge in [0.2, 0.25) is 5.91 Å². The third-order valence-electron chi connectivity index (χ3n) is 6.00. The number of piperidine rings is 2. The van der Waals surface area contributed by atoms with Crippen LogP contribution in [-0.2, 0) is 11.2 Å². The third-order valence-corrected chi connectivity index (χ3v) is 6.25. The van der Waals surface area contributed by atoms with Gasteiger partial charge in [0.15, 0.2) is 0 Å². The number of benzene rings is 1. The summed E-state index contributed by atoms with van der Waals surface area (Å²) in [6.45, 7) is 7.03. The molecule has 0 radical (unpaired) electrons. The molecule has 27 heavy (non-hydrogen) atoms. The van der Waals surface area contributed by atoms with Crippen molar-refractivity contribution in [2.75, 3.05) is 52.9 Å². The van der Waals surface area contributed by atoms with Crippen LogP contribution < -0.4 is 0 Å². The molecule has 0 saturated carbocycles. The van der Waals surface area contributed by atoms with Gasteiger partial charge in [-0.2, -0.15) is 0 Å². The standard InChI is InChI=1S/C22H34ClN3O/c1-24(22(27)18-25-12-3-2-4-13-25)16-20-6-5-14-26(17-20)15-11-19-7-9-21(23)10-8-19/h7-10,20H,2-6,11-18H2,1H3. The van der Waals surface area contributed by atoms with E-state index in [4.69, 9.17) is 11.6 Å². The summed E-state index contributed by atoms with van der Waals surface area (Å²) in [6, 6.07) is 8.19. The van der Waals surface area contributed by atoms with Crippen LogP contribution in [0.3, 0.4) is 0 Å². The monoisotopic (exact) mass is 391 g/mol. The normalized spacial score (nSPS) is 21.9. The summed E-state index contributed by atoms with van der Waals surface area (Å²) >= 11 is 5.97. The molecule has 2 saturated heterocycles. The van der Waals surface area contributed by atoms with Crippen LogP contribution in [-0.4, -0.2) is 73.5 Å². The smallest absolute Gasteiger partial charge is 0.236 e. The Balaban J connectivity index is 1.40. The molecular weight excluding hydrogens is 358 g/mol. The number of halogens is 1. The zero-order valence-electron chi connectivity index (χ0n) is 16.7. The average Bonchev–Trinajstić information content (AvgIpc) is 2.68. The summed E-state index contributed by atoms with van der Waals surface area (Å²) in [4.78, 5) is 19.4. The molecule has 1 aromatic carbocycles. The Bertz CT molecular complexity index is 586. The van der Waals surface area contributed by atoms with Crippen LogP contribution in [0.25, 0.3) is 0 Å². The van der Waals surface area contributed by atoms with E-state index < -0.39 is 0 Å². The number of amides is 1. The summed E-state index contributed by atoms with van der Waals surface area (Å²) < 4.78 is 0. The molecule has 0 bridgehead atoms. The van der Waals surface area contributed by atoms with E-state index in [1.54, 1.807) is 0 Å². The number of nitrogens with zero attached hydrogens (tertiary/aromatic N) is 3. The minimum absolute atomic E-state index is 0.287. The molecule has 2 aliphatic rings. The fourth-order valence-electron chi connectivity index (χ4n) is 4.36. The first kappa shape index (κ1) is 20.6. The minimum Gasteiger partial charge on any atom is -0.344 e. The highest BCUT2D eigenvalue weighted by Gasteiger charge is 2.23. The third kappa shape index (κ3) is 6.78. The van der Waals surface area contributed by atoms with E-state index in [2.05, 4.69) is 21.9 Å². The predicted molar refractivity (Wildman–Crippen MR) is 112 cm³/mol. The highest BCUT2D eigenvalue weighted by atomic mass is 35.5. The maximum atomic E-state index is 12.6. The zero-order valence-corrected chi connectivity index (χ0v) is 17.5. The molecule has 0 aliphatic carbocycles. The van der Waals surface area contributed by atoms with Crippen LogP contribution in [0.2, 0.25) is 5.02 Å². The van der Waals surface area contributed by atoms with Crippen molar-refractivity contribution in [1.82, 2.24) is 14.7 Å². The van der Waals surface area contributed by atoms with Crippen molar-refractivity contribution < 1.29 is 4.79 Å². The molecule has 2 aliphatic heterocycles. The first-order valence-corrected chi connectivity index (χ1v) is 10.9. The van der Waals surface area contributed by atoms with Crippen molar-refractivity contribution in [3.8, 4) is 0 Å². The number of hydrogen-bond donors (Lipinski definition) is 0. The Morgan fingerprint density at radius 3 is 2.52 bits per heavy atom. The zero-order chi connectivity index (χ0) is 19.1. The highest BCUT2D eigenvalue weighted by molar-refractivity contribution is 6.30. The highest BCUT2D eigenvalue weighted by Crippen LogP contribution is 2.19. The summed E-state index contributed by atoms with van der Waals surface area (Å²) in [5.74, 6) is 0.884. The van der Waals surface area contributed by atoms with Gasteiger partial charge in [-0.15, -0.1) is 0 Å². The van der Waals surface area contributed by atoms with Gasteiger partial charge in [0, 0.05) is 31.7 Å². The summed E-state index contributed by atoms with van der Waals surface area (Å²) in [5.41, 5.74) is 1.34. The van der Waals surface area contributed by atoms with Gasteiger partial charge in [-0.05, 0) is 75.4 Å². The van der Waals surface area contributed by atoms with E-state index in [0.29, 0.717) is 12.5 Å². The van der Waals surface area contributed by atoms with Gasteiger partial charge in [0.25, 0.3) is 0 Å². The van der Waals surface area contributed by atoms with Crippen LogP contribution in [0, 0.1) is 5.92 Å². The number of hydrogen-bond acceptors (Lipinski definition) is 3. The van der Waals surface area contributed by atoms with Gasteiger partial charge in [0.1, 0.15) is 0 Å². The quantitative estimate of drug-likeness (QED) is 0.711. The Labute approximate surface area is 169 Å². The van der Waals surface area contributed by atoms with Gasteiger partial charge in [-0.25, -0.2) is 0 Å². The second-order valence-corrected chi connectivity index (χ2v) is 8.73. The largest absolute Gasteiger partial charge is 0.344 e. The van der Waals surface area contributed by atoms with E-state index in [1.165, 1.54) is 44.2 Å². The Kier molecular flexibility index (Phi) is 7.98. The molecule has 150 valence electrons. The molecule has 3 rings (SSSR count). The molecule has 0 spiro atoms. The molecule has 1 amide bonds. The molecule has 2 heterocycles. The van der Waals surface area contributed by atoms with Crippen molar-refractivity contribution in [1.29, 1.82) is 0 Å². The first-order valence-electron chi connectivity index (χ1n) is 10.5. The van der Waals surface area contributed by atoms with Gasteiger partial charge in [-0.1, -0.05) is 30.2 Å². The van der Waals surface area contributed by atoms with E-state index in [9.17, 15) is 4.79 Å². The van der Waals surface area contributed by atoms with Gasteiger partial charge in [-0.3, -0.25) is 9.69 Å². The van der Waals surface area contributed by atoms with Crippen LogP contribution in [0.15, 0.2) is 24.3 Å². The lowest BCUT2D eigenvalue weighted by molar-refractivity contribution is -0.132. The second kappa shape index (κ2) is 10.4. The Hall–Kier alpha value is -1.10. The van der Waals surface area contributed by atoms with Crippen LogP contribution in [0.4, 0.5) is 0 Å². The van der Waals surface area contributed by atoms with Gasteiger partial charge >= 0.3 is 0 Å². The molecule has 5 heteroatoms. The van der Waals surface area contributed by atoms with Crippen molar-refractivity contribution in [3.05, 3.63) is 34.9 Å². The first-order chi connectivity index (χ1) is 13.1. The molecular formula is C22H34ClN3O. The SMILES string of the molecule is CN(CC1CCCN(CCc2ccc(Cl)cc2)C1)C(=O)CN1CCCCC1. The Morgan fingerprint density at radius 1 is 1.07 bits per heavy atom. The predicted octanol–water partition coefficient (Wildman–Crippen LogP) is 3.54. The second-order valence-electron chi connectivity index (χ2n) is 8.30. The van der Waals surface area contributed by atoms with E-state index >= 15 is 0 Å². The molecule has 0 N–H and O–H groups in total.